The number of nitrogens with one attached hydrogen (secondary N) is 1. The molecular formula is C17H14BrClN4OS. The van der Waals surface area contributed by atoms with E-state index in [0.717, 1.165) is 21.3 Å². The van der Waals surface area contributed by atoms with E-state index in [0.29, 0.717) is 9.76 Å². The summed E-state index contributed by atoms with van der Waals surface area (Å²) in [6, 6.07) is 14.9. The minimum Gasteiger partial charge on any atom is -0.325 e. The molecule has 1 N–H and O–H groups in total. The molecule has 0 saturated heterocycles. The smallest absolute Gasteiger partial charge is 0.228 e. The standard InChI is InChI=1S/C17H14BrClN4OS/c1-23-17(21-16(18)22-23)25-14-5-3-2-4-13(14)20-15(24)10-11-6-8-12(19)9-7-11/h2-9H,10H2,1H3,(H,20,24). The average Bonchev–Trinajstić information content (AvgIpc) is 2.89. The van der Waals surface area contributed by atoms with Gasteiger partial charge < -0.3 is 5.32 Å². The lowest BCUT2D eigenvalue weighted by molar-refractivity contribution is -0.115. The number of aromatic nitrogens is 3. The van der Waals surface area contributed by atoms with Crippen LogP contribution in [0.15, 0.2) is 63.3 Å². The summed E-state index contributed by atoms with van der Waals surface area (Å²) in [5.41, 5.74) is 1.65. The Morgan fingerprint density at radius 2 is 1.96 bits per heavy atom. The molecule has 0 aliphatic rings. The highest BCUT2D eigenvalue weighted by Gasteiger charge is 2.12. The first kappa shape index (κ1) is 18.0. The summed E-state index contributed by atoms with van der Waals surface area (Å²) in [5, 5.41) is 8.50. The number of carbonyl (C=O) groups excluding carboxylic acids is 1. The summed E-state index contributed by atoms with van der Waals surface area (Å²) in [6.07, 6.45) is 0.283. The third-order valence-corrected chi connectivity index (χ3v) is 5.04. The quantitative estimate of drug-likeness (QED) is 0.635. The molecule has 0 aliphatic heterocycles. The maximum absolute atomic E-state index is 12.3. The lowest BCUT2D eigenvalue weighted by atomic mass is 10.1. The summed E-state index contributed by atoms with van der Waals surface area (Å²) in [5.74, 6) is -0.0884. The number of benzene rings is 2. The van der Waals surface area contributed by atoms with Gasteiger partial charge >= 0.3 is 0 Å². The van der Waals surface area contributed by atoms with Gasteiger partial charge in [-0.15, -0.1) is 5.10 Å². The molecule has 128 valence electrons. The Balaban J connectivity index is 1.73. The van der Waals surface area contributed by atoms with E-state index in [-0.39, 0.29) is 12.3 Å². The van der Waals surface area contributed by atoms with Gasteiger partial charge in [-0.2, -0.15) is 4.98 Å². The van der Waals surface area contributed by atoms with Crippen molar-refractivity contribution in [2.75, 3.05) is 5.32 Å². The number of anilines is 1. The van der Waals surface area contributed by atoms with Gasteiger partial charge in [0.05, 0.1) is 12.1 Å². The van der Waals surface area contributed by atoms with Gasteiger partial charge in [0.2, 0.25) is 10.6 Å². The van der Waals surface area contributed by atoms with Crippen LogP contribution >= 0.6 is 39.3 Å². The molecule has 0 aliphatic carbocycles. The molecule has 0 radical (unpaired) electrons. The SMILES string of the molecule is Cn1nc(Br)nc1Sc1ccccc1NC(=O)Cc1ccc(Cl)cc1. The molecule has 2 aromatic carbocycles. The molecule has 0 saturated carbocycles. The Hall–Kier alpha value is -1.83. The zero-order valence-electron chi connectivity index (χ0n) is 13.2. The summed E-state index contributed by atoms with van der Waals surface area (Å²) in [7, 11) is 1.82. The fourth-order valence-electron chi connectivity index (χ4n) is 2.17. The molecule has 5 nitrogen and oxygen atoms in total. The Bertz CT molecular complexity index is 898. The third kappa shape index (κ3) is 4.84. The van der Waals surface area contributed by atoms with E-state index in [1.165, 1.54) is 11.8 Å². The monoisotopic (exact) mass is 436 g/mol. The van der Waals surface area contributed by atoms with Crippen molar-refractivity contribution in [2.45, 2.75) is 16.5 Å². The number of carbonyl (C=O) groups is 1. The summed E-state index contributed by atoms with van der Waals surface area (Å²) >= 11 is 10.6. The second-order valence-corrected chi connectivity index (χ2v) is 7.39. The first-order valence-corrected chi connectivity index (χ1v) is 9.38. The van der Waals surface area contributed by atoms with Crippen molar-refractivity contribution in [1.82, 2.24) is 14.8 Å². The van der Waals surface area contributed by atoms with Crippen molar-refractivity contribution < 1.29 is 4.79 Å². The second kappa shape index (κ2) is 8.03. The van der Waals surface area contributed by atoms with Crippen molar-refractivity contribution in [3.05, 3.63) is 63.9 Å². The maximum atomic E-state index is 12.3. The lowest BCUT2D eigenvalue weighted by Gasteiger charge is -2.10. The molecule has 25 heavy (non-hydrogen) atoms. The molecule has 3 rings (SSSR count). The molecule has 1 heterocycles. The van der Waals surface area contributed by atoms with E-state index in [9.17, 15) is 4.79 Å². The summed E-state index contributed by atoms with van der Waals surface area (Å²) < 4.78 is 2.21. The van der Waals surface area contributed by atoms with E-state index < -0.39 is 0 Å². The normalized spacial score (nSPS) is 10.7. The van der Waals surface area contributed by atoms with Crippen LogP contribution in [0.3, 0.4) is 0 Å². The number of amides is 1. The first-order chi connectivity index (χ1) is 12.0. The van der Waals surface area contributed by atoms with Gasteiger partial charge in [0.1, 0.15) is 0 Å². The number of para-hydroxylation sites is 1. The maximum Gasteiger partial charge on any atom is 0.228 e. The summed E-state index contributed by atoms with van der Waals surface area (Å²) in [4.78, 5) is 17.6. The summed E-state index contributed by atoms with van der Waals surface area (Å²) in [6.45, 7) is 0. The van der Waals surface area contributed by atoms with Crippen LogP contribution in [0.1, 0.15) is 5.56 Å². The Labute approximate surface area is 162 Å². The molecule has 1 aromatic heterocycles. The fourth-order valence-corrected chi connectivity index (χ4v) is 3.69. The van der Waals surface area contributed by atoms with Crippen LogP contribution in [0.5, 0.6) is 0 Å². The number of nitrogens with zero attached hydrogens (tertiary/aromatic N) is 3. The van der Waals surface area contributed by atoms with Crippen molar-refractivity contribution in [2.24, 2.45) is 7.05 Å². The van der Waals surface area contributed by atoms with Gasteiger partial charge in [0.15, 0.2) is 5.16 Å². The van der Waals surface area contributed by atoms with Crippen LogP contribution in [-0.4, -0.2) is 20.7 Å². The van der Waals surface area contributed by atoms with E-state index in [1.807, 2.05) is 43.4 Å². The van der Waals surface area contributed by atoms with E-state index in [4.69, 9.17) is 11.6 Å². The minimum absolute atomic E-state index is 0.0884. The molecule has 8 heteroatoms. The number of halogens is 2. The third-order valence-electron chi connectivity index (χ3n) is 3.34. The van der Waals surface area contributed by atoms with Crippen LogP contribution in [0.4, 0.5) is 5.69 Å². The van der Waals surface area contributed by atoms with Crippen molar-refractivity contribution in [3.8, 4) is 0 Å². The van der Waals surface area contributed by atoms with Crippen molar-refractivity contribution in [1.29, 1.82) is 0 Å². The van der Waals surface area contributed by atoms with Gasteiger partial charge in [-0.05, 0) is 57.5 Å². The van der Waals surface area contributed by atoms with Crippen LogP contribution in [0.2, 0.25) is 5.02 Å². The Morgan fingerprint density at radius 3 is 2.64 bits per heavy atom. The molecule has 3 aromatic rings. The highest BCUT2D eigenvalue weighted by molar-refractivity contribution is 9.10. The van der Waals surface area contributed by atoms with Gasteiger partial charge in [-0.1, -0.05) is 35.9 Å². The largest absolute Gasteiger partial charge is 0.325 e. The number of rotatable bonds is 5. The Morgan fingerprint density at radius 1 is 1.24 bits per heavy atom. The predicted molar refractivity (Wildman–Crippen MR) is 103 cm³/mol. The fraction of sp³-hybridized carbons (Fsp3) is 0.118. The van der Waals surface area contributed by atoms with Crippen LogP contribution < -0.4 is 5.32 Å². The molecule has 0 spiro atoms. The van der Waals surface area contributed by atoms with Crippen LogP contribution in [0, 0.1) is 0 Å². The molecule has 0 bridgehead atoms. The molecule has 0 atom stereocenters. The average molecular weight is 438 g/mol. The topological polar surface area (TPSA) is 59.8 Å². The van der Waals surface area contributed by atoms with Crippen LogP contribution in [0.25, 0.3) is 0 Å². The first-order valence-electron chi connectivity index (χ1n) is 7.39. The second-order valence-electron chi connectivity index (χ2n) is 5.24. The van der Waals surface area contributed by atoms with E-state index in [1.54, 1.807) is 16.8 Å². The molecular weight excluding hydrogens is 424 g/mol. The van der Waals surface area contributed by atoms with E-state index >= 15 is 0 Å². The van der Waals surface area contributed by atoms with Crippen molar-refractivity contribution in [3.63, 3.8) is 0 Å². The van der Waals surface area contributed by atoms with Crippen molar-refractivity contribution >= 4 is 50.9 Å². The minimum atomic E-state index is -0.0884. The number of hydrogen-bond donors (Lipinski definition) is 1. The van der Waals surface area contributed by atoms with Gasteiger partial charge in [-0.25, -0.2) is 4.68 Å². The van der Waals surface area contributed by atoms with Gasteiger partial charge in [0.25, 0.3) is 0 Å². The number of aryl methyl sites for hydroxylation is 1. The van der Waals surface area contributed by atoms with E-state index in [2.05, 4.69) is 31.3 Å². The molecule has 0 unspecified atom stereocenters. The Kier molecular flexibility index (Phi) is 5.78. The molecule has 1 amide bonds. The van der Waals surface area contributed by atoms with Gasteiger partial charge in [0, 0.05) is 17.0 Å². The number of hydrogen-bond acceptors (Lipinski definition) is 4. The van der Waals surface area contributed by atoms with Gasteiger partial charge in [-0.3, -0.25) is 4.79 Å². The highest BCUT2D eigenvalue weighted by Crippen LogP contribution is 2.32. The highest BCUT2D eigenvalue weighted by atomic mass is 79.9. The van der Waals surface area contributed by atoms with Crippen LogP contribution in [-0.2, 0) is 18.3 Å². The predicted octanol–water partition coefficient (Wildman–Crippen LogP) is 4.56. The molecule has 0 fully saturated rings. The zero-order valence-corrected chi connectivity index (χ0v) is 16.4. The zero-order chi connectivity index (χ0) is 17.8. The lowest BCUT2D eigenvalue weighted by Crippen LogP contribution is -2.14.